The normalized spacial score (nSPS) is 18.5. The van der Waals surface area contributed by atoms with Crippen LogP contribution in [-0.2, 0) is 17.8 Å². The highest BCUT2D eigenvalue weighted by Crippen LogP contribution is 2.13. The lowest BCUT2D eigenvalue weighted by atomic mass is 10.2. The number of aromatic nitrogens is 4. The molecule has 0 aliphatic carbocycles. The quantitative estimate of drug-likeness (QED) is 0.713. The van der Waals surface area contributed by atoms with Crippen molar-refractivity contribution in [3.63, 3.8) is 0 Å². The van der Waals surface area contributed by atoms with E-state index in [4.69, 9.17) is 4.74 Å². The summed E-state index contributed by atoms with van der Waals surface area (Å²) in [4.78, 5) is 2.33. The Morgan fingerprint density at radius 1 is 1.20 bits per heavy atom. The average Bonchev–Trinajstić information content (AvgIpc) is 3.27. The van der Waals surface area contributed by atoms with Crippen LogP contribution < -0.4 is 0 Å². The minimum atomic E-state index is -0.260. The first kappa shape index (κ1) is 16.0. The van der Waals surface area contributed by atoms with Crippen LogP contribution in [-0.4, -0.2) is 50.3 Å². The highest BCUT2D eigenvalue weighted by molar-refractivity contribution is 5.31. The molecule has 130 valence electrons. The molecule has 0 amide bonds. The Morgan fingerprint density at radius 2 is 2.16 bits per heavy atom. The highest BCUT2D eigenvalue weighted by Gasteiger charge is 2.21. The summed E-state index contributed by atoms with van der Waals surface area (Å²) in [5.41, 5.74) is 1.69. The van der Waals surface area contributed by atoms with Gasteiger partial charge in [-0.25, -0.2) is 9.07 Å². The van der Waals surface area contributed by atoms with Gasteiger partial charge in [0.15, 0.2) is 0 Å². The van der Waals surface area contributed by atoms with Crippen molar-refractivity contribution in [1.29, 1.82) is 0 Å². The lowest BCUT2D eigenvalue weighted by Gasteiger charge is -2.32. The standard InChI is InChI=1S/C18H20FN5O/c19-15-3-1-4-17(11-15)24-8-5-16(21-24)12-22-9-10-25-18(13-22)14-23-7-2-6-20-23/h1-8,11,18H,9-10,12-14H2. The molecule has 0 bridgehead atoms. The summed E-state index contributed by atoms with van der Waals surface area (Å²) < 4.78 is 22.8. The zero-order valence-corrected chi connectivity index (χ0v) is 13.8. The summed E-state index contributed by atoms with van der Waals surface area (Å²) in [5, 5.41) is 8.80. The smallest absolute Gasteiger partial charge is 0.125 e. The molecule has 3 aromatic rings. The third-order valence-corrected chi connectivity index (χ3v) is 4.28. The van der Waals surface area contributed by atoms with Crippen molar-refractivity contribution in [2.45, 2.75) is 19.2 Å². The maximum absolute atomic E-state index is 13.4. The lowest BCUT2D eigenvalue weighted by molar-refractivity contribution is -0.0405. The summed E-state index contributed by atoms with van der Waals surface area (Å²) >= 11 is 0. The first-order valence-corrected chi connectivity index (χ1v) is 8.38. The SMILES string of the molecule is Fc1cccc(-n2ccc(CN3CCOC(Cn4cccn4)C3)n2)c1. The molecule has 3 heterocycles. The molecule has 1 aliphatic rings. The first-order chi connectivity index (χ1) is 12.3. The Kier molecular flexibility index (Phi) is 4.58. The van der Waals surface area contributed by atoms with Crippen LogP contribution in [0.3, 0.4) is 0 Å². The molecule has 1 unspecified atom stereocenters. The number of hydrogen-bond acceptors (Lipinski definition) is 4. The van der Waals surface area contributed by atoms with Crippen molar-refractivity contribution in [1.82, 2.24) is 24.5 Å². The maximum atomic E-state index is 13.4. The molecule has 2 aromatic heterocycles. The minimum absolute atomic E-state index is 0.124. The van der Waals surface area contributed by atoms with E-state index in [2.05, 4.69) is 15.1 Å². The van der Waals surface area contributed by atoms with Crippen LogP contribution in [0.25, 0.3) is 5.69 Å². The van der Waals surface area contributed by atoms with E-state index >= 15 is 0 Å². The molecule has 4 rings (SSSR count). The molecule has 1 saturated heterocycles. The molecule has 0 saturated carbocycles. The molecule has 6 nitrogen and oxygen atoms in total. The Balaban J connectivity index is 1.38. The first-order valence-electron chi connectivity index (χ1n) is 8.38. The summed E-state index contributed by atoms with van der Waals surface area (Å²) in [6.07, 6.45) is 5.72. The third-order valence-electron chi connectivity index (χ3n) is 4.28. The fourth-order valence-electron chi connectivity index (χ4n) is 3.09. The van der Waals surface area contributed by atoms with Gasteiger partial charge in [0, 0.05) is 38.2 Å². The molecule has 1 atom stereocenters. The average molecular weight is 341 g/mol. The van der Waals surface area contributed by atoms with Crippen LogP contribution in [0.4, 0.5) is 4.39 Å². The second-order valence-corrected chi connectivity index (χ2v) is 6.19. The Hall–Kier alpha value is -2.51. The molecular weight excluding hydrogens is 321 g/mol. The van der Waals surface area contributed by atoms with Crippen LogP contribution in [0.15, 0.2) is 55.0 Å². The number of morpholine rings is 1. The molecule has 0 radical (unpaired) electrons. The number of ether oxygens (including phenoxy) is 1. The van der Waals surface area contributed by atoms with Crippen molar-refractivity contribution >= 4 is 0 Å². The lowest BCUT2D eigenvalue weighted by Crippen LogP contribution is -2.43. The van der Waals surface area contributed by atoms with Gasteiger partial charge in [-0.3, -0.25) is 9.58 Å². The largest absolute Gasteiger partial charge is 0.374 e. The number of hydrogen-bond donors (Lipinski definition) is 0. The number of benzene rings is 1. The van der Waals surface area contributed by atoms with Gasteiger partial charge in [0.05, 0.1) is 30.6 Å². The molecule has 7 heteroatoms. The summed E-state index contributed by atoms with van der Waals surface area (Å²) in [6.45, 7) is 3.92. The van der Waals surface area contributed by atoms with E-state index in [9.17, 15) is 4.39 Å². The van der Waals surface area contributed by atoms with Gasteiger partial charge in [0.25, 0.3) is 0 Å². The third kappa shape index (κ3) is 3.94. The number of nitrogens with zero attached hydrogens (tertiary/aromatic N) is 5. The highest BCUT2D eigenvalue weighted by atomic mass is 19.1. The van der Waals surface area contributed by atoms with Gasteiger partial charge in [-0.1, -0.05) is 6.07 Å². The zero-order valence-electron chi connectivity index (χ0n) is 13.8. The Bertz CT molecular complexity index is 817. The fourth-order valence-corrected chi connectivity index (χ4v) is 3.09. The maximum Gasteiger partial charge on any atom is 0.125 e. The summed E-state index contributed by atoms with van der Waals surface area (Å²) in [6, 6.07) is 10.3. The second-order valence-electron chi connectivity index (χ2n) is 6.19. The van der Waals surface area contributed by atoms with Crippen LogP contribution in [0.5, 0.6) is 0 Å². The molecule has 1 fully saturated rings. The molecule has 1 aliphatic heterocycles. The van der Waals surface area contributed by atoms with Crippen molar-refractivity contribution in [2.24, 2.45) is 0 Å². The summed E-state index contributed by atoms with van der Waals surface area (Å²) in [7, 11) is 0. The monoisotopic (exact) mass is 341 g/mol. The van der Waals surface area contributed by atoms with Crippen molar-refractivity contribution in [2.75, 3.05) is 19.7 Å². The van der Waals surface area contributed by atoms with Gasteiger partial charge in [-0.15, -0.1) is 0 Å². The van der Waals surface area contributed by atoms with E-state index in [-0.39, 0.29) is 11.9 Å². The molecular formula is C18H20FN5O. The van der Waals surface area contributed by atoms with Gasteiger partial charge in [0.1, 0.15) is 5.82 Å². The molecule has 1 aromatic carbocycles. The zero-order chi connectivity index (χ0) is 17.1. The van der Waals surface area contributed by atoms with Crippen LogP contribution in [0.1, 0.15) is 5.69 Å². The fraction of sp³-hybridized carbons (Fsp3) is 0.333. The topological polar surface area (TPSA) is 48.1 Å². The van der Waals surface area contributed by atoms with E-state index in [1.54, 1.807) is 16.9 Å². The van der Waals surface area contributed by atoms with Crippen LogP contribution in [0.2, 0.25) is 0 Å². The van der Waals surface area contributed by atoms with Crippen molar-refractivity contribution in [3.05, 3.63) is 66.5 Å². The van der Waals surface area contributed by atoms with Gasteiger partial charge in [-0.2, -0.15) is 10.2 Å². The van der Waals surface area contributed by atoms with E-state index in [1.807, 2.05) is 35.3 Å². The predicted octanol–water partition coefficient (Wildman–Crippen LogP) is 2.11. The van der Waals surface area contributed by atoms with E-state index in [0.717, 1.165) is 37.6 Å². The number of halogens is 1. The van der Waals surface area contributed by atoms with Gasteiger partial charge < -0.3 is 4.74 Å². The van der Waals surface area contributed by atoms with E-state index in [1.165, 1.54) is 12.1 Å². The molecule has 0 spiro atoms. The van der Waals surface area contributed by atoms with Crippen molar-refractivity contribution < 1.29 is 9.13 Å². The summed E-state index contributed by atoms with van der Waals surface area (Å²) in [5.74, 6) is -0.260. The molecule has 25 heavy (non-hydrogen) atoms. The Labute approximate surface area is 145 Å². The van der Waals surface area contributed by atoms with Crippen molar-refractivity contribution in [3.8, 4) is 5.69 Å². The Morgan fingerprint density at radius 3 is 3.00 bits per heavy atom. The van der Waals surface area contributed by atoms with E-state index < -0.39 is 0 Å². The van der Waals surface area contributed by atoms with E-state index in [0.29, 0.717) is 6.61 Å². The van der Waals surface area contributed by atoms with Crippen LogP contribution >= 0.6 is 0 Å². The van der Waals surface area contributed by atoms with Gasteiger partial charge in [0.2, 0.25) is 0 Å². The van der Waals surface area contributed by atoms with Crippen LogP contribution in [0, 0.1) is 5.82 Å². The van der Waals surface area contributed by atoms with Gasteiger partial charge in [-0.05, 0) is 30.3 Å². The van der Waals surface area contributed by atoms with Gasteiger partial charge >= 0.3 is 0 Å². The molecule has 0 N–H and O–H groups in total. The number of rotatable bonds is 5. The predicted molar refractivity (Wildman–Crippen MR) is 90.8 cm³/mol. The second kappa shape index (κ2) is 7.16. The minimum Gasteiger partial charge on any atom is -0.374 e.